The molecule has 4 N–H and O–H groups in total. The van der Waals surface area contributed by atoms with E-state index < -0.39 is 5.41 Å². The molecule has 2 rings (SSSR count). The number of nitrogen functional groups attached to an aromatic ring is 1. The summed E-state index contributed by atoms with van der Waals surface area (Å²) < 4.78 is 0. The summed E-state index contributed by atoms with van der Waals surface area (Å²) in [5.41, 5.74) is 11.1. The molecule has 0 aromatic carbocycles. The van der Waals surface area contributed by atoms with Gasteiger partial charge in [0.15, 0.2) is 0 Å². The Morgan fingerprint density at radius 1 is 1.44 bits per heavy atom. The number of carbonyl (C=O) groups excluding carboxylic acids is 2. The van der Waals surface area contributed by atoms with Gasteiger partial charge in [0.25, 0.3) is 5.91 Å². The van der Waals surface area contributed by atoms with Crippen LogP contribution in [0.3, 0.4) is 0 Å². The molecule has 1 unspecified atom stereocenters. The van der Waals surface area contributed by atoms with Crippen molar-refractivity contribution in [1.29, 1.82) is 0 Å². The summed E-state index contributed by atoms with van der Waals surface area (Å²) in [6, 6.07) is 3.21. The number of nitrogens with two attached hydrogens (primary N) is 2. The maximum atomic E-state index is 12.1. The van der Waals surface area contributed by atoms with Crippen LogP contribution in [-0.2, 0) is 4.79 Å². The molecule has 0 saturated carbocycles. The van der Waals surface area contributed by atoms with Gasteiger partial charge in [-0.1, -0.05) is 0 Å². The van der Waals surface area contributed by atoms with E-state index in [-0.39, 0.29) is 11.8 Å². The summed E-state index contributed by atoms with van der Waals surface area (Å²) in [5, 5.41) is 0. The highest BCUT2D eigenvalue weighted by Gasteiger charge is 2.40. The molecule has 2 amide bonds. The highest BCUT2D eigenvalue weighted by atomic mass is 16.2. The zero-order valence-electron chi connectivity index (χ0n) is 10.2. The van der Waals surface area contributed by atoms with Gasteiger partial charge in [-0.05, 0) is 25.5 Å². The fourth-order valence-corrected chi connectivity index (χ4v) is 2.03. The quantitative estimate of drug-likeness (QED) is 0.769. The summed E-state index contributed by atoms with van der Waals surface area (Å²) in [6.45, 7) is 2.64. The van der Waals surface area contributed by atoms with Crippen molar-refractivity contribution in [3.8, 4) is 0 Å². The lowest BCUT2D eigenvalue weighted by molar-refractivity contribution is -0.126. The summed E-state index contributed by atoms with van der Waals surface area (Å²) >= 11 is 0. The van der Waals surface area contributed by atoms with Gasteiger partial charge in [0.1, 0.15) is 5.69 Å². The molecule has 6 nitrogen and oxygen atoms in total. The molecule has 18 heavy (non-hydrogen) atoms. The molecule has 0 aliphatic carbocycles. The lowest BCUT2D eigenvalue weighted by Crippen LogP contribution is -2.38. The van der Waals surface area contributed by atoms with Crippen molar-refractivity contribution in [2.24, 2.45) is 11.1 Å². The SMILES string of the molecule is CC1(C(N)=O)CCN(C(=O)c2ccc(N)cn2)C1. The van der Waals surface area contributed by atoms with Gasteiger partial charge in [-0.25, -0.2) is 4.98 Å². The van der Waals surface area contributed by atoms with Crippen molar-refractivity contribution in [2.75, 3.05) is 18.8 Å². The monoisotopic (exact) mass is 248 g/mol. The zero-order chi connectivity index (χ0) is 13.3. The number of rotatable bonds is 2. The molecule has 1 atom stereocenters. The average molecular weight is 248 g/mol. The normalized spacial score (nSPS) is 23.1. The number of hydrogen-bond donors (Lipinski definition) is 2. The van der Waals surface area contributed by atoms with Crippen LogP contribution in [0.25, 0.3) is 0 Å². The molecule has 1 aromatic heterocycles. The number of primary amides is 1. The lowest BCUT2D eigenvalue weighted by atomic mass is 9.89. The molecule has 2 heterocycles. The summed E-state index contributed by atoms with van der Waals surface area (Å²) in [6.07, 6.45) is 2.03. The van der Waals surface area contributed by atoms with Crippen LogP contribution in [0.2, 0.25) is 0 Å². The minimum absolute atomic E-state index is 0.194. The van der Waals surface area contributed by atoms with Crippen LogP contribution < -0.4 is 11.5 Å². The predicted molar refractivity (Wildman–Crippen MR) is 66.5 cm³/mol. The molecule has 0 radical (unpaired) electrons. The van der Waals surface area contributed by atoms with Crippen LogP contribution in [0.15, 0.2) is 18.3 Å². The second-order valence-corrected chi connectivity index (χ2v) is 4.88. The lowest BCUT2D eigenvalue weighted by Gasteiger charge is -2.20. The minimum atomic E-state index is -0.635. The van der Waals surface area contributed by atoms with Gasteiger partial charge >= 0.3 is 0 Å². The van der Waals surface area contributed by atoms with Gasteiger partial charge in [-0.3, -0.25) is 9.59 Å². The third-order valence-corrected chi connectivity index (χ3v) is 3.36. The molecule has 1 fully saturated rings. The predicted octanol–water partition coefficient (Wildman–Crippen LogP) is 0.00130. The van der Waals surface area contributed by atoms with Crippen molar-refractivity contribution in [1.82, 2.24) is 9.88 Å². The van der Waals surface area contributed by atoms with Gasteiger partial charge in [0, 0.05) is 13.1 Å². The van der Waals surface area contributed by atoms with Crippen molar-refractivity contribution in [3.05, 3.63) is 24.0 Å². The maximum Gasteiger partial charge on any atom is 0.272 e. The number of pyridine rings is 1. The highest BCUT2D eigenvalue weighted by Crippen LogP contribution is 2.30. The number of anilines is 1. The third-order valence-electron chi connectivity index (χ3n) is 3.36. The smallest absolute Gasteiger partial charge is 0.272 e. The molecule has 96 valence electrons. The number of carbonyl (C=O) groups is 2. The Labute approximate surface area is 105 Å². The van der Waals surface area contributed by atoms with E-state index in [9.17, 15) is 9.59 Å². The van der Waals surface area contributed by atoms with Gasteiger partial charge in [-0.2, -0.15) is 0 Å². The van der Waals surface area contributed by atoms with Crippen molar-refractivity contribution in [3.63, 3.8) is 0 Å². The fourth-order valence-electron chi connectivity index (χ4n) is 2.03. The van der Waals surface area contributed by atoms with E-state index in [1.807, 2.05) is 0 Å². The number of likely N-dealkylation sites (tertiary alicyclic amines) is 1. The standard InChI is InChI=1S/C12H16N4O2/c1-12(11(14)18)4-5-16(7-12)10(17)9-3-2-8(13)6-15-9/h2-3,6H,4-5,7,13H2,1H3,(H2,14,18). The molecule has 6 heteroatoms. The Morgan fingerprint density at radius 3 is 2.67 bits per heavy atom. The largest absolute Gasteiger partial charge is 0.397 e. The first-order valence-electron chi connectivity index (χ1n) is 5.73. The second kappa shape index (κ2) is 4.29. The second-order valence-electron chi connectivity index (χ2n) is 4.88. The van der Waals surface area contributed by atoms with E-state index >= 15 is 0 Å². The Balaban J connectivity index is 2.12. The van der Waals surface area contributed by atoms with Crippen molar-refractivity contribution in [2.45, 2.75) is 13.3 Å². The van der Waals surface area contributed by atoms with Crippen LogP contribution in [0.5, 0.6) is 0 Å². The summed E-state index contributed by atoms with van der Waals surface area (Å²) in [4.78, 5) is 29.0. The zero-order valence-corrected chi connectivity index (χ0v) is 10.2. The molecule has 0 bridgehead atoms. The Hall–Kier alpha value is -2.11. The van der Waals surface area contributed by atoms with Gasteiger partial charge in [-0.15, -0.1) is 0 Å². The molecular formula is C12H16N4O2. The van der Waals surface area contributed by atoms with E-state index in [4.69, 9.17) is 11.5 Å². The molecule has 0 spiro atoms. The Bertz CT molecular complexity index is 485. The van der Waals surface area contributed by atoms with Crippen LogP contribution >= 0.6 is 0 Å². The number of nitrogens with zero attached hydrogens (tertiary/aromatic N) is 2. The van der Waals surface area contributed by atoms with Gasteiger partial charge in [0.2, 0.25) is 5.91 Å². The van der Waals surface area contributed by atoms with E-state index in [1.54, 1.807) is 24.0 Å². The van der Waals surface area contributed by atoms with E-state index in [2.05, 4.69) is 4.98 Å². The molecule has 1 aliphatic heterocycles. The third kappa shape index (κ3) is 2.13. The van der Waals surface area contributed by atoms with Crippen molar-refractivity contribution < 1.29 is 9.59 Å². The summed E-state index contributed by atoms with van der Waals surface area (Å²) in [7, 11) is 0. The van der Waals surface area contributed by atoms with Crippen molar-refractivity contribution >= 4 is 17.5 Å². The number of aromatic nitrogens is 1. The van der Waals surface area contributed by atoms with E-state index in [1.165, 1.54) is 6.20 Å². The molecule has 1 aliphatic rings. The number of hydrogen-bond acceptors (Lipinski definition) is 4. The minimum Gasteiger partial charge on any atom is -0.397 e. The van der Waals surface area contributed by atoms with E-state index in [0.29, 0.717) is 30.9 Å². The van der Waals surface area contributed by atoms with Gasteiger partial charge < -0.3 is 16.4 Å². The molecule has 1 saturated heterocycles. The fraction of sp³-hybridized carbons (Fsp3) is 0.417. The van der Waals surface area contributed by atoms with Crippen LogP contribution in [-0.4, -0.2) is 34.8 Å². The number of amides is 2. The highest BCUT2D eigenvalue weighted by molar-refractivity contribution is 5.93. The Kier molecular flexibility index (Phi) is 2.94. The van der Waals surface area contributed by atoms with Crippen LogP contribution in [0, 0.1) is 5.41 Å². The first kappa shape index (κ1) is 12.3. The summed E-state index contributed by atoms with van der Waals surface area (Å²) in [5.74, 6) is -0.567. The van der Waals surface area contributed by atoms with E-state index in [0.717, 1.165) is 0 Å². The molecule has 1 aromatic rings. The topological polar surface area (TPSA) is 102 Å². The maximum absolute atomic E-state index is 12.1. The van der Waals surface area contributed by atoms with Gasteiger partial charge in [0.05, 0.1) is 17.3 Å². The van der Waals surface area contributed by atoms with Crippen LogP contribution in [0.4, 0.5) is 5.69 Å². The Morgan fingerprint density at radius 2 is 2.17 bits per heavy atom. The molecular weight excluding hydrogens is 232 g/mol. The first-order chi connectivity index (χ1) is 8.42. The average Bonchev–Trinajstić information content (AvgIpc) is 2.73. The van der Waals surface area contributed by atoms with Crippen LogP contribution in [0.1, 0.15) is 23.8 Å². The first-order valence-corrected chi connectivity index (χ1v) is 5.73.